The maximum Gasteiger partial charge on any atom is 0.410 e. The van der Waals surface area contributed by atoms with Gasteiger partial charge in [-0.2, -0.15) is 0 Å². The molecule has 0 spiro atoms. The van der Waals surface area contributed by atoms with E-state index in [1.165, 1.54) is 0 Å². The van der Waals surface area contributed by atoms with Gasteiger partial charge in [0.05, 0.1) is 18.2 Å². The first kappa shape index (κ1) is 17.6. The molecule has 1 saturated heterocycles. The van der Waals surface area contributed by atoms with Crippen LogP contribution in [0.3, 0.4) is 0 Å². The highest BCUT2D eigenvalue weighted by Gasteiger charge is 2.35. The number of carbonyl (C=O) groups excluding carboxylic acids is 2. The zero-order valence-corrected chi connectivity index (χ0v) is 15.2. The van der Waals surface area contributed by atoms with Crippen molar-refractivity contribution < 1.29 is 19.1 Å². The van der Waals surface area contributed by atoms with E-state index >= 15 is 0 Å². The van der Waals surface area contributed by atoms with Crippen LogP contribution in [0.5, 0.6) is 5.75 Å². The number of likely N-dealkylation sites (tertiary alicyclic amines) is 1. The Morgan fingerprint density at radius 2 is 1.96 bits per heavy atom. The highest BCUT2D eigenvalue weighted by Crippen LogP contribution is 2.33. The molecule has 1 fully saturated rings. The van der Waals surface area contributed by atoms with Crippen LogP contribution in [0.2, 0.25) is 0 Å². The number of fused-ring (bicyclic) bond motifs is 1. The second-order valence-corrected chi connectivity index (χ2v) is 7.57. The highest BCUT2D eigenvalue weighted by molar-refractivity contribution is 5.97. The number of anilines is 1. The first-order chi connectivity index (χ1) is 11.8. The van der Waals surface area contributed by atoms with E-state index in [2.05, 4.69) is 0 Å². The van der Waals surface area contributed by atoms with Crippen LogP contribution < -0.4 is 9.64 Å². The molecule has 2 amide bonds. The van der Waals surface area contributed by atoms with Gasteiger partial charge in [0.15, 0.2) is 0 Å². The average molecular weight is 346 g/mol. The molecule has 6 nitrogen and oxygen atoms in total. The Labute approximate surface area is 148 Å². The van der Waals surface area contributed by atoms with Crippen molar-refractivity contribution in [3.05, 3.63) is 24.3 Å². The largest absolute Gasteiger partial charge is 0.490 e. The molecule has 0 saturated carbocycles. The van der Waals surface area contributed by atoms with Gasteiger partial charge in [-0.1, -0.05) is 12.1 Å². The molecule has 25 heavy (non-hydrogen) atoms. The fourth-order valence-electron chi connectivity index (χ4n) is 3.29. The zero-order chi connectivity index (χ0) is 18.0. The molecule has 2 aliphatic heterocycles. The summed E-state index contributed by atoms with van der Waals surface area (Å²) in [5, 5.41) is 0. The van der Waals surface area contributed by atoms with Gasteiger partial charge in [-0.25, -0.2) is 4.79 Å². The highest BCUT2D eigenvalue weighted by atomic mass is 16.6. The molecule has 3 rings (SSSR count). The maximum absolute atomic E-state index is 13.1. The summed E-state index contributed by atoms with van der Waals surface area (Å²) in [6, 6.07) is 7.59. The lowest BCUT2D eigenvalue weighted by atomic mass is 9.96. The molecule has 136 valence electrons. The smallest absolute Gasteiger partial charge is 0.410 e. The van der Waals surface area contributed by atoms with Gasteiger partial charge in [0.25, 0.3) is 0 Å². The molecule has 0 aromatic heterocycles. The van der Waals surface area contributed by atoms with Gasteiger partial charge in [0.2, 0.25) is 5.91 Å². The SMILES string of the molecule is CC(C)(C)OC(=O)N1CCCC(C(=O)N2CCOc3ccccc32)C1. The topological polar surface area (TPSA) is 59.1 Å². The number of ether oxygens (including phenoxy) is 2. The number of rotatable bonds is 1. The molecule has 6 heteroatoms. The number of hydrogen-bond donors (Lipinski definition) is 0. The maximum atomic E-state index is 13.1. The average Bonchev–Trinajstić information content (AvgIpc) is 2.59. The molecular formula is C19H26N2O4. The summed E-state index contributed by atoms with van der Waals surface area (Å²) in [6.45, 7) is 7.63. The third-order valence-corrected chi connectivity index (χ3v) is 4.42. The lowest BCUT2D eigenvalue weighted by molar-refractivity contribution is -0.124. The normalized spacial score (nSPS) is 20.5. The first-order valence-electron chi connectivity index (χ1n) is 8.86. The van der Waals surface area contributed by atoms with Crippen LogP contribution in [0.15, 0.2) is 24.3 Å². The fraction of sp³-hybridized carbons (Fsp3) is 0.579. The van der Waals surface area contributed by atoms with Gasteiger partial charge in [-0.3, -0.25) is 4.79 Å². The Morgan fingerprint density at radius 3 is 2.72 bits per heavy atom. The van der Waals surface area contributed by atoms with E-state index in [1.54, 1.807) is 9.80 Å². The van der Waals surface area contributed by atoms with Crippen molar-refractivity contribution in [2.24, 2.45) is 5.92 Å². The Kier molecular flexibility index (Phi) is 4.88. The third-order valence-electron chi connectivity index (χ3n) is 4.42. The number of carbonyl (C=O) groups is 2. The standard InChI is InChI=1S/C19H26N2O4/c1-19(2,3)25-18(23)20-10-6-7-14(13-20)17(22)21-11-12-24-16-9-5-4-8-15(16)21/h4-5,8-9,14H,6-7,10-13H2,1-3H3. The quantitative estimate of drug-likeness (QED) is 0.784. The van der Waals surface area contributed by atoms with E-state index in [1.807, 2.05) is 45.0 Å². The molecule has 2 heterocycles. The lowest BCUT2D eigenvalue weighted by Crippen LogP contribution is -2.49. The first-order valence-corrected chi connectivity index (χ1v) is 8.86. The van der Waals surface area contributed by atoms with Crippen LogP contribution >= 0.6 is 0 Å². The minimum absolute atomic E-state index is 0.0593. The second-order valence-electron chi connectivity index (χ2n) is 7.57. The zero-order valence-electron chi connectivity index (χ0n) is 15.2. The monoisotopic (exact) mass is 346 g/mol. The Balaban J connectivity index is 1.70. The molecule has 1 aromatic rings. The van der Waals surface area contributed by atoms with Crippen molar-refractivity contribution in [3.63, 3.8) is 0 Å². The van der Waals surface area contributed by atoms with E-state index in [-0.39, 0.29) is 17.9 Å². The Bertz CT molecular complexity index is 653. The van der Waals surface area contributed by atoms with Crippen LogP contribution in [0.4, 0.5) is 10.5 Å². The number of amides is 2. The molecule has 1 aromatic carbocycles. The molecule has 0 radical (unpaired) electrons. The van der Waals surface area contributed by atoms with Crippen molar-refractivity contribution in [2.45, 2.75) is 39.2 Å². The van der Waals surface area contributed by atoms with Crippen molar-refractivity contribution in [1.29, 1.82) is 0 Å². The van der Waals surface area contributed by atoms with Gasteiger partial charge in [-0.05, 0) is 45.7 Å². The van der Waals surface area contributed by atoms with Crippen LogP contribution in [0.25, 0.3) is 0 Å². The van der Waals surface area contributed by atoms with E-state index in [4.69, 9.17) is 9.47 Å². The molecule has 0 bridgehead atoms. The molecule has 1 atom stereocenters. The van der Waals surface area contributed by atoms with Crippen molar-refractivity contribution in [1.82, 2.24) is 4.90 Å². The molecule has 0 N–H and O–H groups in total. The number of piperidine rings is 1. The van der Waals surface area contributed by atoms with Crippen molar-refractivity contribution in [3.8, 4) is 5.75 Å². The number of para-hydroxylation sites is 2. The number of hydrogen-bond acceptors (Lipinski definition) is 4. The third kappa shape index (κ3) is 4.06. The van der Waals surface area contributed by atoms with E-state index in [9.17, 15) is 9.59 Å². The van der Waals surface area contributed by atoms with Gasteiger partial charge in [-0.15, -0.1) is 0 Å². The van der Waals surface area contributed by atoms with E-state index in [0.29, 0.717) is 26.2 Å². The van der Waals surface area contributed by atoms with Gasteiger partial charge < -0.3 is 19.3 Å². The number of nitrogens with zero attached hydrogens (tertiary/aromatic N) is 2. The molecular weight excluding hydrogens is 320 g/mol. The predicted octanol–water partition coefficient (Wildman–Crippen LogP) is 3.06. The van der Waals surface area contributed by atoms with Crippen LogP contribution in [0.1, 0.15) is 33.6 Å². The Hall–Kier alpha value is -2.24. The predicted molar refractivity (Wildman–Crippen MR) is 94.8 cm³/mol. The summed E-state index contributed by atoms with van der Waals surface area (Å²) in [4.78, 5) is 28.8. The van der Waals surface area contributed by atoms with Crippen LogP contribution in [0, 0.1) is 5.92 Å². The van der Waals surface area contributed by atoms with E-state index < -0.39 is 5.60 Å². The molecule has 0 aliphatic carbocycles. The molecule has 2 aliphatic rings. The number of benzene rings is 1. The van der Waals surface area contributed by atoms with Crippen LogP contribution in [-0.4, -0.2) is 48.7 Å². The van der Waals surface area contributed by atoms with Crippen LogP contribution in [-0.2, 0) is 9.53 Å². The van der Waals surface area contributed by atoms with Gasteiger partial charge in [0.1, 0.15) is 18.0 Å². The van der Waals surface area contributed by atoms with Gasteiger partial charge in [0, 0.05) is 13.1 Å². The summed E-state index contributed by atoms with van der Waals surface area (Å²) < 4.78 is 11.1. The summed E-state index contributed by atoms with van der Waals surface area (Å²) in [7, 11) is 0. The van der Waals surface area contributed by atoms with Gasteiger partial charge >= 0.3 is 6.09 Å². The summed E-state index contributed by atoms with van der Waals surface area (Å²) >= 11 is 0. The minimum atomic E-state index is -0.531. The second kappa shape index (κ2) is 6.94. The Morgan fingerprint density at radius 1 is 1.20 bits per heavy atom. The summed E-state index contributed by atoms with van der Waals surface area (Å²) in [5.41, 5.74) is 0.283. The van der Waals surface area contributed by atoms with Crippen molar-refractivity contribution in [2.75, 3.05) is 31.1 Å². The minimum Gasteiger partial charge on any atom is -0.490 e. The van der Waals surface area contributed by atoms with Crippen molar-refractivity contribution >= 4 is 17.7 Å². The lowest BCUT2D eigenvalue weighted by Gasteiger charge is -2.37. The summed E-state index contributed by atoms with van der Waals surface area (Å²) in [6.07, 6.45) is 1.26. The van der Waals surface area contributed by atoms with E-state index in [0.717, 1.165) is 24.3 Å². The molecule has 1 unspecified atom stereocenters. The summed E-state index contributed by atoms with van der Waals surface area (Å²) in [5.74, 6) is 0.596. The fourth-order valence-corrected chi connectivity index (χ4v) is 3.29.